The van der Waals surface area contributed by atoms with Gasteiger partial charge in [0, 0.05) is 18.0 Å². The van der Waals surface area contributed by atoms with Gasteiger partial charge in [0.1, 0.15) is 0 Å². The molecule has 0 atom stereocenters. The summed E-state index contributed by atoms with van der Waals surface area (Å²) in [6.07, 6.45) is 0. The van der Waals surface area contributed by atoms with E-state index >= 15 is 0 Å². The molecule has 5 heteroatoms. The highest BCUT2D eigenvalue weighted by atomic mass is 127. The van der Waals surface area contributed by atoms with Crippen LogP contribution in [0.2, 0.25) is 0 Å². The van der Waals surface area contributed by atoms with Crippen LogP contribution in [0.5, 0.6) is 0 Å². The Balaban J connectivity index is 0.00000225. The number of rotatable bonds is 3. The normalized spacial score (nSPS) is 11.2. The number of aryl methyl sites for hydroxylation is 1. The first-order chi connectivity index (χ1) is 7.13. The molecule has 0 saturated carbocycles. The molecule has 16 heavy (non-hydrogen) atoms. The van der Waals surface area contributed by atoms with Gasteiger partial charge >= 0.3 is 0 Å². The topological polar surface area (TPSA) is 36.4 Å². The summed E-state index contributed by atoms with van der Waals surface area (Å²) in [5.41, 5.74) is 1.34. The van der Waals surface area contributed by atoms with E-state index in [1.54, 1.807) is 18.4 Å². The van der Waals surface area contributed by atoms with E-state index in [-0.39, 0.29) is 24.0 Å². The first kappa shape index (κ1) is 15.7. The van der Waals surface area contributed by atoms with Crippen LogP contribution in [0.1, 0.15) is 24.3 Å². The Morgan fingerprint density at radius 1 is 1.50 bits per heavy atom. The van der Waals surface area contributed by atoms with Crippen LogP contribution in [0.3, 0.4) is 0 Å². The van der Waals surface area contributed by atoms with Gasteiger partial charge in [-0.25, -0.2) is 0 Å². The molecule has 0 saturated heterocycles. The standard InChI is InChI=1S/C11H19N3S.HI/c1-8(2)14-11(12-4)13-7-10-9(3)5-6-15-10;/h5-6,8H,7H2,1-4H3,(H2,12,13,14);1H. The van der Waals surface area contributed by atoms with Crippen molar-refractivity contribution in [1.29, 1.82) is 0 Å². The summed E-state index contributed by atoms with van der Waals surface area (Å²) >= 11 is 1.78. The van der Waals surface area contributed by atoms with Crippen molar-refractivity contribution in [2.45, 2.75) is 33.4 Å². The van der Waals surface area contributed by atoms with Gasteiger partial charge in [0.15, 0.2) is 5.96 Å². The van der Waals surface area contributed by atoms with E-state index in [1.165, 1.54) is 10.4 Å². The maximum atomic E-state index is 4.16. The van der Waals surface area contributed by atoms with Crippen molar-refractivity contribution in [3.05, 3.63) is 21.9 Å². The average molecular weight is 353 g/mol. The Hall–Kier alpha value is -0.300. The van der Waals surface area contributed by atoms with Crippen LogP contribution < -0.4 is 10.6 Å². The van der Waals surface area contributed by atoms with Gasteiger partial charge in [-0.3, -0.25) is 4.99 Å². The minimum absolute atomic E-state index is 0. The lowest BCUT2D eigenvalue weighted by atomic mass is 10.3. The van der Waals surface area contributed by atoms with Crippen LogP contribution in [0, 0.1) is 6.92 Å². The zero-order chi connectivity index (χ0) is 11.3. The number of aliphatic imine (C=N–C) groups is 1. The van der Waals surface area contributed by atoms with Crippen LogP contribution in [-0.2, 0) is 6.54 Å². The third-order valence-corrected chi connectivity index (χ3v) is 3.06. The summed E-state index contributed by atoms with van der Waals surface area (Å²) in [6, 6.07) is 2.54. The van der Waals surface area contributed by atoms with Gasteiger partial charge in [-0.15, -0.1) is 35.3 Å². The van der Waals surface area contributed by atoms with Gasteiger partial charge in [-0.2, -0.15) is 0 Å². The number of thiophene rings is 1. The van der Waals surface area contributed by atoms with Crippen LogP contribution in [0.4, 0.5) is 0 Å². The molecule has 1 rings (SSSR count). The number of nitrogens with zero attached hydrogens (tertiary/aromatic N) is 1. The van der Waals surface area contributed by atoms with E-state index in [0.717, 1.165) is 12.5 Å². The molecular weight excluding hydrogens is 333 g/mol. The van der Waals surface area contributed by atoms with E-state index in [1.807, 2.05) is 0 Å². The minimum atomic E-state index is 0. The second-order valence-corrected chi connectivity index (χ2v) is 4.75. The van der Waals surface area contributed by atoms with Gasteiger partial charge in [-0.1, -0.05) is 0 Å². The molecule has 0 amide bonds. The lowest BCUT2D eigenvalue weighted by Crippen LogP contribution is -2.40. The van der Waals surface area contributed by atoms with Crippen molar-refractivity contribution in [2.75, 3.05) is 7.05 Å². The fourth-order valence-electron chi connectivity index (χ4n) is 1.22. The molecule has 0 aliphatic carbocycles. The highest BCUT2D eigenvalue weighted by Gasteiger charge is 2.02. The number of guanidine groups is 1. The Labute approximate surface area is 119 Å². The summed E-state index contributed by atoms with van der Waals surface area (Å²) < 4.78 is 0. The predicted octanol–water partition coefficient (Wildman–Crippen LogP) is 2.75. The monoisotopic (exact) mass is 353 g/mol. The van der Waals surface area contributed by atoms with Crippen molar-refractivity contribution in [1.82, 2.24) is 10.6 Å². The van der Waals surface area contributed by atoms with Gasteiger partial charge in [0.25, 0.3) is 0 Å². The predicted molar refractivity (Wildman–Crippen MR) is 82.9 cm³/mol. The van der Waals surface area contributed by atoms with E-state index < -0.39 is 0 Å². The van der Waals surface area contributed by atoms with Crippen LogP contribution in [0.15, 0.2) is 16.4 Å². The highest BCUT2D eigenvalue weighted by Crippen LogP contribution is 2.14. The average Bonchev–Trinajstić information content (AvgIpc) is 2.58. The Morgan fingerprint density at radius 2 is 2.19 bits per heavy atom. The van der Waals surface area contributed by atoms with E-state index in [4.69, 9.17) is 0 Å². The molecule has 2 N–H and O–H groups in total. The van der Waals surface area contributed by atoms with Gasteiger partial charge < -0.3 is 10.6 Å². The lowest BCUT2D eigenvalue weighted by Gasteiger charge is -2.14. The third-order valence-electron chi connectivity index (χ3n) is 2.03. The van der Waals surface area contributed by atoms with Gasteiger partial charge in [0.2, 0.25) is 0 Å². The molecule has 0 aliphatic rings. The summed E-state index contributed by atoms with van der Waals surface area (Å²) in [7, 11) is 1.79. The van der Waals surface area contributed by atoms with Crippen LogP contribution in [0.25, 0.3) is 0 Å². The summed E-state index contributed by atoms with van der Waals surface area (Å²) in [5.74, 6) is 0.859. The number of nitrogens with one attached hydrogen (secondary N) is 2. The molecule has 0 bridgehead atoms. The summed E-state index contributed by atoms with van der Waals surface area (Å²) in [4.78, 5) is 5.52. The molecule has 1 aromatic rings. The maximum Gasteiger partial charge on any atom is 0.191 e. The van der Waals surface area contributed by atoms with Crippen LogP contribution >= 0.6 is 35.3 Å². The fraction of sp³-hybridized carbons (Fsp3) is 0.545. The second kappa shape index (κ2) is 7.89. The summed E-state index contributed by atoms with van der Waals surface area (Å²) in [5, 5.41) is 8.66. The van der Waals surface area contributed by atoms with E-state index in [0.29, 0.717) is 6.04 Å². The van der Waals surface area contributed by atoms with Gasteiger partial charge in [-0.05, 0) is 37.8 Å². The number of hydrogen-bond donors (Lipinski definition) is 2. The molecule has 3 nitrogen and oxygen atoms in total. The largest absolute Gasteiger partial charge is 0.354 e. The lowest BCUT2D eigenvalue weighted by molar-refractivity contribution is 0.700. The quantitative estimate of drug-likeness (QED) is 0.498. The molecule has 0 aromatic carbocycles. The SMILES string of the molecule is CN=C(NCc1sccc1C)NC(C)C.I. The van der Waals surface area contributed by atoms with E-state index in [2.05, 4.69) is 47.8 Å². The van der Waals surface area contributed by atoms with Crippen molar-refractivity contribution < 1.29 is 0 Å². The molecule has 0 fully saturated rings. The molecule has 1 aromatic heterocycles. The molecular formula is C11H20IN3S. The Bertz CT molecular complexity index is 334. The number of hydrogen-bond acceptors (Lipinski definition) is 2. The minimum Gasteiger partial charge on any atom is -0.354 e. The van der Waals surface area contributed by atoms with E-state index in [9.17, 15) is 0 Å². The zero-order valence-electron chi connectivity index (χ0n) is 10.2. The third kappa shape index (κ3) is 5.16. The van der Waals surface area contributed by atoms with Crippen molar-refractivity contribution >= 4 is 41.3 Å². The van der Waals surface area contributed by atoms with Crippen molar-refractivity contribution in [3.63, 3.8) is 0 Å². The smallest absolute Gasteiger partial charge is 0.191 e. The molecule has 92 valence electrons. The van der Waals surface area contributed by atoms with Crippen LogP contribution in [-0.4, -0.2) is 19.0 Å². The summed E-state index contributed by atoms with van der Waals surface area (Å²) in [6.45, 7) is 7.18. The second-order valence-electron chi connectivity index (χ2n) is 3.75. The highest BCUT2D eigenvalue weighted by molar-refractivity contribution is 14.0. The van der Waals surface area contributed by atoms with Crippen molar-refractivity contribution in [2.24, 2.45) is 4.99 Å². The molecule has 0 unspecified atom stereocenters. The maximum absolute atomic E-state index is 4.16. The van der Waals surface area contributed by atoms with Crippen molar-refractivity contribution in [3.8, 4) is 0 Å². The fourth-order valence-corrected chi connectivity index (χ4v) is 2.06. The van der Waals surface area contributed by atoms with Gasteiger partial charge in [0.05, 0.1) is 6.54 Å². The Kier molecular flexibility index (Phi) is 7.74. The Morgan fingerprint density at radius 3 is 2.62 bits per heavy atom. The molecule has 0 radical (unpaired) electrons. The molecule has 1 heterocycles. The molecule has 0 spiro atoms. The first-order valence-electron chi connectivity index (χ1n) is 5.13. The first-order valence-corrected chi connectivity index (χ1v) is 6.01. The zero-order valence-corrected chi connectivity index (χ0v) is 13.3. The molecule has 0 aliphatic heterocycles. The number of halogens is 1.